The fourth-order valence-corrected chi connectivity index (χ4v) is 1.63. The maximum atomic E-state index is 13.1. The summed E-state index contributed by atoms with van der Waals surface area (Å²) in [6.07, 6.45) is -0.318. The summed E-state index contributed by atoms with van der Waals surface area (Å²) in [4.78, 5) is 0. The number of halogens is 2. The van der Waals surface area contributed by atoms with Crippen molar-refractivity contribution in [3.8, 4) is 0 Å². The Morgan fingerprint density at radius 2 is 2.00 bits per heavy atom. The van der Waals surface area contributed by atoms with E-state index >= 15 is 0 Å². The van der Waals surface area contributed by atoms with Gasteiger partial charge in [-0.15, -0.1) is 0 Å². The highest BCUT2D eigenvalue weighted by molar-refractivity contribution is 5.25. The van der Waals surface area contributed by atoms with E-state index in [4.69, 9.17) is 5.73 Å². The lowest BCUT2D eigenvalue weighted by atomic mass is 10.1. The molecule has 3 nitrogen and oxygen atoms in total. The molecule has 15 heavy (non-hydrogen) atoms. The Kier molecular flexibility index (Phi) is 3.44. The standard InChI is InChI=1S/C10H17F2N3/c1-4-15-8(3)9(7(2)14-15)5-10(11,12)6-13/h4-6,13H2,1-3H3. The molecule has 0 fully saturated rings. The second-order valence-corrected chi connectivity index (χ2v) is 3.70. The molecule has 1 aromatic rings. The van der Waals surface area contributed by atoms with Gasteiger partial charge in [0.1, 0.15) is 0 Å². The SMILES string of the molecule is CCn1nc(C)c(CC(F)(F)CN)c1C. The minimum absolute atomic E-state index is 0.318. The van der Waals surface area contributed by atoms with Gasteiger partial charge in [0, 0.05) is 24.2 Å². The number of rotatable bonds is 4. The molecule has 1 heterocycles. The molecule has 0 spiro atoms. The average molecular weight is 217 g/mol. The van der Waals surface area contributed by atoms with Crippen LogP contribution in [0.25, 0.3) is 0 Å². The van der Waals surface area contributed by atoms with Crippen molar-refractivity contribution in [2.24, 2.45) is 5.73 Å². The van der Waals surface area contributed by atoms with Gasteiger partial charge in [-0.3, -0.25) is 4.68 Å². The summed E-state index contributed by atoms with van der Waals surface area (Å²) in [7, 11) is 0. The van der Waals surface area contributed by atoms with E-state index in [1.54, 1.807) is 11.6 Å². The van der Waals surface area contributed by atoms with Gasteiger partial charge in [-0.05, 0) is 20.8 Å². The van der Waals surface area contributed by atoms with E-state index < -0.39 is 12.5 Å². The van der Waals surface area contributed by atoms with E-state index in [0.29, 0.717) is 17.8 Å². The van der Waals surface area contributed by atoms with Crippen molar-refractivity contribution < 1.29 is 8.78 Å². The van der Waals surface area contributed by atoms with Crippen LogP contribution >= 0.6 is 0 Å². The van der Waals surface area contributed by atoms with Crippen molar-refractivity contribution in [3.05, 3.63) is 17.0 Å². The highest BCUT2D eigenvalue weighted by Crippen LogP contribution is 2.23. The zero-order valence-corrected chi connectivity index (χ0v) is 9.35. The van der Waals surface area contributed by atoms with E-state index in [-0.39, 0.29) is 6.42 Å². The molecule has 0 saturated carbocycles. The van der Waals surface area contributed by atoms with Crippen LogP contribution < -0.4 is 5.73 Å². The van der Waals surface area contributed by atoms with Crippen LogP contribution in [0.5, 0.6) is 0 Å². The van der Waals surface area contributed by atoms with E-state index in [0.717, 1.165) is 5.69 Å². The molecule has 0 atom stereocenters. The molecule has 0 aliphatic rings. The summed E-state index contributed by atoms with van der Waals surface area (Å²) >= 11 is 0. The second kappa shape index (κ2) is 4.26. The summed E-state index contributed by atoms with van der Waals surface area (Å²) in [5.74, 6) is -2.84. The molecule has 0 aromatic carbocycles. The number of hydrogen-bond acceptors (Lipinski definition) is 2. The molecular formula is C10H17F2N3. The average Bonchev–Trinajstić information content (AvgIpc) is 2.45. The van der Waals surface area contributed by atoms with E-state index in [9.17, 15) is 8.78 Å². The lowest BCUT2D eigenvalue weighted by molar-refractivity contribution is 0.0112. The zero-order valence-electron chi connectivity index (χ0n) is 9.35. The van der Waals surface area contributed by atoms with Gasteiger partial charge in [0.25, 0.3) is 5.92 Å². The van der Waals surface area contributed by atoms with Crippen LogP contribution in [0.15, 0.2) is 0 Å². The van der Waals surface area contributed by atoms with Crippen molar-refractivity contribution in [2.75, 3.05) is 6.54 Å². The lowest BCUT2D eigenvalue weighted by Crippen LogP contribution is -2.30. The number of aromatic nitrogens is 2. The molecule has 86 valence electrons. The molecule has 0 unspecified atom stereocenters. The smallest absolute Gasteiger partial charge is 0.264 e. The Morgan fingerprint density at radius 1 is 1.40 bits per heavy atom. The first-order chi connectivity index (χ1) is 6.91. The van der Waals surface area contributed by atoms with Gasteiger partial charge in [0.05, 0.1) is 12.2 Å². The van der Waals surface area contributed by atoms with Gasteiger partial charge in [-0.2, -0.15) is 5.10 Å². The van der Waals surface area contributed by atoms with Crippen molar-refractivity contribution in [1.29, 1.82) is 0 Å². The van der Waals surface area contributed by atoms with Crippen molar-refractivity contribution in [2.45, 2.75) is 39.7 Å². The number of nitrogens with two attached hydrogens (primary N) is 1. The minimum Gasteiger partial charge on any atom is -0.325 e. The van der Waals surface area contributed by atoms with Crippen LogP contribution in [0.3, 0.4) is 0 Å². The molecule has 2 N–H and O–H groups in total. The van der Waals surface area contributed by atoms with Gasteiger partial charge >= 0.3 is 0 Å². The molecular weight excluding hydrogens is 200 g/mol. The van der Waals surface area contributed by atoms with Crippen LogP contribution in [0, 0.1) is 13.8 Å². The number of aryl methyl sites for hydroxylation is 2. The van der Waals surface area contributed by atoms with Crippen molar-refractivity contribution in [1.82, 2.24) is 9.78 Å². The summed E-state index contributed by atoms with van der Waals surface area (Å²) in [6, 6.07) is 0. The predicted octanol–water partition coefficient (Wildman–Crippen LogP) is 1.66. The summed E-state index contributed by atoms with van der Waals surface area (Å²) in [6.45, 7) is 5.57. The quantitative estimate of drug-likeness (QED) is 0.833. The maximum Gasteiger partial charge on any atom is 0.264 e. The maximum absolute atomic E-state index is 13.1. The number of nitrogens with zero attached hydrogens (tertiary/aromatic N) is 2. The molecule has 0 bridgehead atoms. The van der Waals surface area contributed by atoms with Crippen molar-refractivity contribution >= 4 is 0 Å². The third-order valence-electron chi connectivity index (χ3n) is 2.56. The molecule has 0 amide bonds. The fraction of sp³-hybridized carbons (Fsp3) is 0.700. The van der Waals surface area contributed by atoms with Gasteiger partial charge in [-0.25, -0.2) is 8.78 Å². The first kappa shape index (κ1) is 12.1. The summed E-state index contributed by atoms with van der Waals surface area (Å²) < 4.78 is 28.0. The minimum atomic E-state index is -2.84. The molecule has 1 rings (SSSR count). The second-order valence-electron chi connectivity index (χ2n) is 3.70. The first-order valence-electron chi connectivity index (χ1n) is 5.02. The molecule has 0 saturated heterocycles. The lowest BCUT2D eigenvalue weighted by Gasteiger charge is -2.13. The van der Waals surface area contributed by atoms with Gasteiger partial charge < -0.3 is 5.73 Å². The zero-order chi connectivity index (χ0) is 11.6. The third kappa shape index (κ3) is 2.53. The molecule has 0 radical (unpaired) electrons. The third-order valence-corrected chi connectivity index (χ3v) is 2.56. The highest BCUT2D eigenvalue weighted by atomic mass is 19.3. The molecule has 5 heteroatoms. The van der Waals surface area contributed by atoms with E-state index in [1.807, 2.05) is 13.8 Å². The van der Waals surface area contributed by atoms with Gasteiger partial charge in [-0.1, -0.05) is 0 Å². The largest absolute Gasteiger partial charge is 0.325 e. The Hall–Kier alpha value is -0.970. The first-order valence-corrected chi connectivity index (χ1v) is 5.02. The topological polar surface area (TPSA) is 43.8 Å². The Balaban J connectivity index is 2.99. The van der Waals surface area contributed by atoms with Crippen molar-refractivity contribution in [3.63, 3.8) is 0 Å². The van der Waals surface area contributed by atoms with Gasteiger partial charge in [0.2, 0.25) is 0 Å². The number of alkyl halides is 2. The fourth-order valence-electron chi connectivity index (χ4n) is 1.63. The summed E-state index contributed by atoms with van der Waals surface area (Å²) in [5.41, 5.74) is 7.11. The molecule has 1 aromatic heterocycles. The molecule has 0 aliphatic carbocycles. The van der Waals surface area contributed by atoms with Crippen LogP contribution in [0.2, 0.25) is 0 Å². The Morgan fingerprint density at radius 3 is 2.40 bits per heavy atom. The normalized spacial score (nSPS) is 12.1. The van der Waals surface area contributed by atoms with E-state index in [2.05, 4.69) is 5.10 Å². The van der Waals surface area contributed by atoms with Gasteiger partial charge in [0.15, 0.2) is 0 Å². The van der Waals surface area contributed by atoms with E-state index in [1.165, 1.54) is 0 Å². The number of hydrogen-bond donors (Lipinski definition) is 1. The highest BCUT2D eigenvalue weighted by Gasteiger charge is 2.30. The Bertz CT molecular complexity index is 345. The van der Waals surface area contributed by atoms with Crippen LogP contribution in [0.1, 0.15) is 23.9 Å². The monoisotopic (exact) mass is 217 g/mol. The predicted molar refractivity (Wildman–Crippen MR) is 55.1 cm³/mol. The van der Waals surface area contributed by atoms with Crippen LogP contribution in [-0.4, -0.2) is 22.2 Å². The molecule has 0 aliphatic heterocycles. The van der Waals surface area contributed by atoms with Crippen LogP contribution in [0.4, 0.5) is 8.78 Å². The van der Waals surface area contributed by atoms with Crippen LogP contribution in [-0.2, 0) is 13.0 Å². The Labute approximate surface area is 88.3 Å². The summed E-state index contributed by atoms with van der Waals surface area (Å²) in [5, 5.41) is 4.19.